The molecule has 8 nitrogen and oxygen atoms in total. The third kappa shape index (κ3) is 4.76. The van der Waals surface area contributed by atoms with E-state index in [4.69, 9.17) is 32.5 Å². The topological polar surface area (TPSA) is 95.1 Å². The van der Waals surface area contributed by atoms with E-state index in [1.807, 2.05) is 31.2 Å². The van der Waals surface area contributed by atoms with Gasteiger partial charge >= 0.3 is 0 Å². The summed E-state index contributed by atoms with van der Waals surface area (Å²) in [6.07, 6.45) is 1.48. The van der Waals surface area contributed by atoms with Crippen LogP contribution in [0.5, 0.6) is 5.75 Å². The van der Waals surface area contributed by atoms with Crippen molar-refractivity contribution in [2.24, 2.45) is 0 Å². The van der Waals surface area contributed by atoms with Gasteiger partial charge in [-0.05, 0) is 37.6 Å². The molecule has 0 aliphatic rings. The summed E-state index contributed by atoms with van der Waals surface area (Å²) in [5.41, 5.74) is 2.36. The number of hydrogen-bond donors (Lipinski definition) is 1. The number of carbonyl (C=O) groups is 1. The van der Waals surface area contributed by atoms with Crippen molar-refractivity contribution < 1.29 is 14.1 Å². The molecule has 2 aromatic carbocycles. The standard InChI is InChI=1S/C22H19Cl2N5O3/c1-13-6-3-4-9-19(13)31-11-16-14(2)32-28-20(16)21(30)26-22-25-12-29(27-22)10-15-17(23)7-5-8-18(15)24/h3-9,12H,10-11H2,1-2H3,(H,26,27,30). The van der Waals surface area contributed by atoms with Gasteiger partial charge in [0, 0.05) is 15.6 Å². The largest absolute Gasteiger partial charge is 0.488 e. The second kappa shape index (κ2) is 9.42. The molecule has 0 atom stereocenters. The van der Waals surface area contributed by atoms with Crippen molar-refractivity contribution in [3.05, 3.63) is 87.0 Å². The summed E-state index contributed by atoms with van der Waals surface area (Å²) in [6, 6.07) is 12.9. The van der Waals surface area contributed by atoms with Gasteiger partial charge in [-0.2, -0.15) is 0 Å². The molecule has 2 heterocycles. The fraction of sp³-hybridized carbons (Fsp3) is 0.182. The molecule has 0 unspecified atom stereocenters. The fourth-order valence-corrected chi connectivity index (χ4v) is 3.56. The quantitative estimate of drug-likeness (QED) is 0.404. The van der Waals surface area contributed by atoms with Crippen molar-refractivity contribution in [1.82, 2.24) is 19.9 Å². The number of benzene rings is 2. The molecule has 1 amide bonds. The second-order valence-electron chi connectivity index (χ2n) is 7.04. The first-order valence-electron chi connectivity index (χ1n) is 9.69. The first-order chi connectivity index (χ1) is 15.4. The van der Waals surface area contributed by atoms with E-state index in [9.17, 15) is 4.79 Å². The molecule has 0 spiro atoms. The highest BCUT2D eigenvalue weighted by atomic mass is 35.5. The average Bonchev–Trinajstić information content (AvgIpc) is 3.36. The lowest BCUT2D eigenvalue weighted by molar-refractivity contribution is 0.101. The first kappa shape index (κ1) is 21.9. The van der Waals surface area contributed by atoms with Gasteiger partial charge in [0.05, 0.1) is 12.1 Å². The van der Waals surface area contributed by atoms with E-state index in [1.165, 1.54) is 11.0 Å². The maximum absolute atomic E-state index is 12.8. The van der Waals surface area contributed by atoms with Crippen LogP contribution >= 0.6 is 23.2 Å². The summed E-state index contributed by atoms with van der Waals surface area (Å²) < 4.78 is 12.6. The highest BCUT2D eigenvalue weighted by molar-refractivity contribution is 6.35. The van der Waals surface area contributed by atoms with Crippen LogP contribution in [0.4, 0.5) is 5.95 Å². The van der Waals surface area contributed by atoms with E-state index in [0.717, 1.165) is 11.3 Å². The van der Waals surface area contributed by atoms with E-state index in [1.54, 1.807) is 25.1 Å². The number of ether oxygens (including phenoxy) is 1. The van der Waals surface area contributed by atoms with Gasteiger partial charge in [-0.1, -0.05) is 52.6 Å². The lowest BCUT2D eigenvalue weighted by Crippen LogP contribution is -2.16. The van der Waals surface area contributed by atoms with E-state index in [2.05, 4.69) is 20.6 Å². The molecule has 32 heavy (non-hydrogen) atoms. The minimum atomic E-state index is -0.501. The van der Waals surface area contributed by atoms with Crippen LogP contribution in [0.1, 0.15) is 32.9 Å². The van der Waals surface area contributed by atoms with Gasteiger partial charge in [0.2, 0.25) is 5.95 Å². The van der Waals surface area contributed by atoms with Gasteiger partial charge in [0.1, 0.15) is 24.4 Å². The van der Waals surface area contributed by atoms with Gasteiger partial charge < -0.3 is 9.26 Å². The summed E-state index contributed by atoms with van der Waals surface area (Å²) in [7, 11) is 0. The van der Waals surface area contributed by atoms with Crippen LogP contribution in [0.25, 0.3) is 0 Å². The summed E-state index contributed by atoms with van der Waals surface area (Å²) in [5.74, 6) is 0.831. The van der Waals surface area contributed by atoms with E-state index in [-0.39, 0.29) is 18.2 Å². The van der Waals surface area contributed by atoms with E-state index >= 15 is 0 Å². The van der Waals surface area contributed by atoms with Gasteiger partial charge in [-0.15, -0.1) is 5.10 Å². The molecule has 0 aliphatic heterocycles. The van der Waals surface area contributed by atoms with Crippen LogP contribution in [0.2, 0.25) is 10.0 Å². The Hall–Kier alpha value is -3.36. The Labute approximate surface area is 194 Å². The molecule has 2 aromatic heterocycles. The maximum Gasteiger partial charge on any atom is 0.280 e. The van der Waals surface area contributed by atoms with Crippen molar-refractivity contribution in [1.29, 1.82) is 0 Å². The Morgan fingerprint density at radius 1 is 1.09 bits per heavy atom. The number of aryl methyl sites for hydroxylation is 2. The Morgan fingerprint density at radius 2 is 1.84 bits per heavy atom. The zero-order chi connectivity index (χ0) is 22.7. The normalized spacial score (nSPS) is 10.9. The van der Waals surface area contributed by atoms with Gasteiger partial charge in [-0.25, -0.2) is 9.67 Å². The molecule has 0 saturated carbocycles. The molecule has 10 heteroatoms. The molecule has 0 aliphatic carbocycles. The molecule has 164 valence electrons. The molecule has 0 radical (unpaired) electrons. The number of hydrogen-bond acceptors (Lipinski definition) is 6. The number of anilines is 1. The van der Waals surface area contributed by atoms with Crippen molar-refractivity contribution >= 4 is 35.1 Å². The second-order valence-corrected chi connectivity index (χ2v) is 7.85. The van der Waals surface area contributed by atoms with Gasteiger partial charge in [0.15, 0.2) is 5.69 Å². The van der Waals surface area contributed by atoms with Crippen molar-refractivity contribution in [3.63, 3.8) is 0 Å². The van der Waals surface area contributed by atoms with Crippen molar-refractivity contribution in [3.8, 4) is 5.75 Å². The van der Waals surface area contributed by atoms with Crippen LogP contribution in [0.15, 0.2) is 53.3 Å². The minimum absolute atomic E-state index is 0.113. The monoisotopic (exact) mass is 471 g/mol. The van der Waals surface area contributed by atoms with E-state index in [0.29, 0.717) is 33.5 Å². The minimum Gasteiger partial charge on any atom is -0.488 e. The summed E-state index contributed by atoms with van der Waals surface area (Å²) >= 11 is 12.4. The molecular weight excluding hydrogens is 453 g/mol. The molecule has 0 bridgehead atoms. The predicted octanol–water partition coefficient (Wildman–Crippen LogP) is 5.07. The number of aromatic nitrogens is 4. The van der Waals surface area contributed by atoms with Crippen LogP contribution in [0.3, 0.4) is 0 Å². The zero-order valence-corrected chi connectivity index (χ0v) is 18.8. The fourth-order valence-electron chi connectivity index (χ4n) is 3.04. The Bertz CT molecular complexity index is 1250. The molecule has 4 rings (SSSR count). The number of nitrogens with zero attached hydrogens (tertiary/aromatic N) is 4. The van der Waals surface area contributed by atoms with Crippen molar-refractivity contribution in [2.75, 3.05) is 5.32 Å². The predicted molar refractivity (Wildman–Crippen MR) is 120 cm³/mol. The maximum atomic E-state index is 12.8. The third-order valence-electron chi connectivity index (χ3n) is 4.81. The number of carbonyl (C=O) groups excluding carboxylic acids is 1. The zero-order valence-electron chi connectivity index (χ0n) is 17.3. The number of para-hydroxylation sites is 1. The summed E-state index contributed by atoms with van der Waals surface area (Å²) in [6.45, 7) is 4.11. The summed E-state index contributed by atoms with van der Waals surface area (Å²) in [5, 5.41) is 11.8. The smallest absolute Gasteiger partial charge is 0.280 e. The number of halogens is 2. The number of amides is 1. The molecular formula is C22H19Cl2N5O3. The van der Waals surface area contributed by atoms with Gasteiger partial charge in [0.25, 0.3) is 5.91 Å². The average molecular weight is 472 g/mol. The Kier molecular flexibility index (Phi) is 6.43. The SMILES string of the molecule is Cc1ccccc1OCc1c(C(=O)Nc2ncn(Cc3c(Cl)cccc3Cl)n2)noc1C. The van der Waals surface area contributed by atoms with Crippen LogP contribution in [0, 0.1) is 13.8 Å². The number of rotatable bonds is 7. The first-order valence-corrected chi connectivity index (χ1v) is 10.4. The Balaban J connectivity index is 1.45. The molecule has 0 saturated heterocycles. The van der Waals surface area contributed by atoms with Crippen LogP contribution in [-0.2, 0) is 13.2 Å². The molecule has 0 fully saturated rings. The molecule has 1 N–H and O–H groups in total. The lowest BCUT2D eigenvalue weighted by atomic mass is 10.2. The molecule has 4 aromatic rings. The Morgan fingerprint density at radius 3 is 2.59 bits per heavy atom. The lowest BCUT2D eigenvalue weighted by Gasteiger charge is -2.09. The highest BCUT2D eigenvalue weighted by Gasteiger charge is 2.22. The van der Waals surface area contributed by atoms with Crippen LogP contribution in [-0.4, -0.2) is 25.8 Å². The summed E-state index contributed by atoms with van der Waals surface area (Å²) in [4.78, 5) is 16.9. The highest BCUT2D eigenvalue weighted by Crippen LogP contribution is 2.25. The van der Waals surface area contributed by atoms with Gasteiger partial charge in [-0.3, -0.25) is 10.1 Å². The third-order valence-corrected chi connectivity index (χ3v) is 5.52. The number of nitrogens with one attached hydrogen (secondary N) is 1. The van der Waals surface area contributed by atoms with E-state index < -0.39 is 5.91 Å². The van der Waals surface area contributed by atoms with Crippen LogP contribution < -0.4 is 10.1 Å². The van der Waals surface area contributed by atoms with Crippen molar-refractivity contribution in [2.45, 2.75) is 27.0 Å².